The van der Waals surface area contributed by atoms with Crippen LogP contribution in [-0.4, -0.2) is 37.2 Å². The van der Waals surface area contributed by atoms with Crippen LogP contribution in [0, 0.1) is 17.0 Å². The summed E-state index contributed by atoms with van der Waals surface area (Å²) in [5.74, 6) is -1.20. The van der Waals surface area contributed by atoms with Crippen molar-refractivity contribution in [1.29, 1.82) is 0 Å². The first-order valence-electron chi connectivity index (χ1n) is 9.31. The van der Waals surface area contributed by atoms with Crippen LogP contribution < -0.4 is 10.6 Å². The van der Waals surface area contributed by atoms with E-state index in [1.165, 1.54) is 6.20 Å². The fourth-order valence-corrected chi connectivity index (χ4v) is 3.59. The van der Waals surface area contributed by atoms with Crippen molar-refractivity contribution in [2.24, 2.45) is 5.41 Å². The molecule has 2 heterocycles. The molecule has 0 saturated heterocycles. The second-order valence-electron chi connectivity index (χ2n) is 7.98. The van der Waals surface area contributed by atoms with Crippen molar-refractivity contribution in [2.45, 2.75) is 45.3 Å². The van der Waals surface area contributed by atoms with E-state index in [1.807, 2.05) is 0 Å². The highest BCUT2D eigenvalue weighted by Gasteiger charge is 2.35. The van der Waals surface area contributed by atoms with Crippen molar-refractivity contribution in [3.63, 3.8) is 0 Å². The Morgan fingerprint density at radius 1 is 1.28 bits per heavy atom. The topological polar surface area (TPSA) is 98.8 Å². The number of aromatic nitrogens is 4. The molecule has 1 aliphatic rings. The minimum absolute atomic E-state index is 0.0571. The van der Waals surface area contributed by atoms with Crippen LogP contribution in [0.3, 0.4) is 0 Å². The highest BCUT2D eigenvalue weighted by Crippen LogP contribution is 2.36. The van der Waals surface area contributed by atoms with Crippen LogP contribution in [0.15, 0.2) is 18.3 Å². The molecule has 7 nitrogen and oxygen atoms in total. The van der Waals surface area contributed by atoms with E-state index < -0.39 is 23.4 Å². The standard InChI is InChI=1S/C19H21ClF2N6O/c1-19(2)6-5-9(7-13(19)29)24-17-23-8-12-16(27-17)28-18(25-12)26-15-11(21)4-3-10(20)14(15)22/h3-4,8-9,13,29H,5-7H2,1-2H3,(H3,23,24,25,26,27,28)/t9-,13-/m1/s1. The number of benzene rings is 1. The minimum Gasteiger partial charge on any atom is -0.392 e. The van der Waals surface area contributed by atoms with Gasteiger partial charge < -0.3 is 20.7 Å². The maximum Gasteiger partial charge on any atom is 0.225 e. The highest BCUT2D eigenvalue weighted by atomic mass is 35.5. The first-order chi connectivity index (χ1) is 13.7. The number of aliphatic hydroxyl groups excluding tert-OH is 1. The monoisotopic (exact) mass is 422 g/mol. The first-order valence-corrected chi connectivity index (χ1v) is 9.68. The zero-order valence-electron chi connectivity index (χ0n) is 15.9. The molecule has 0 amide bonds. The highest BCUT2D eigenvalue weighted by molar-refractivity contribution is 6.31. The lowest BCUT2D eigenvalue weighted by atomic mass is 9.73. The summed E-state index contributed by atoms with van der Waals surface area (Å²) in [6.07, 6.45) is 3.53. The Morgan fingerprint density at radius 3 is 2.83 bits per heavy atom. The third-order valence-electron chi connectivity index (χ3n) is 5.41. The van der Waals surface area contributed by atoms with Crippen LogP contribution in [0.4, 0.5) is 26.4 Å². The maximum absolute atomic E-state index is 14.1. The Kier molecular flexibility index (Phi) is 5.04. The van der Waals surface area contributed by atoms with Gasteiger partial charge in [-0.3, -0.25) is 0 Å². The van der Waals surface area contributed by atoms with Gasteiger partial charge in [0.2, 0.25) is 11.9 Å². The molecule has 10 heteroatoms. The number of hydrogen-bond donors (Lipinski definition) is 4. The Morgan fingerprint density at radius 2 is 2.07 bits per heavy atom. The molecule has 0 radical (unpaired) electrons. The van der Waals surface area contributed by atoms with Gasteiger partial charge in [0.05, 0.1) is 17.3 Å². The largest absolute Gasteiger partial charge is 0.392 e. The van der Waals surface area contributed by atoms with E-state index in [-0.39, 0.29) is 22.4 Å². The zero-order chi connectivity index (χ0) is 20.8. The number of aliphatic hydroxyl groups is 1. The number of H-pyrrole nitrogens is 1. The molecule has 0 unspecified atom stereocenters. The summed E-state index contributed by atoms with van der Waals surface area (Å²) >= 11 is 5.71. The Balaban J connectivity index is 1.52. The van der Waals surface area contributed by atoms with Crippen LogP contribution in [-0.2, 0) is 0 Å². The summed E-state index contributed by atoms with van der Waals surface area (Å²) in [5.41, 5.74) is 0.341. The quantitative estimate of drug-likeness (QED) is 0.466. The van der Waals surface area contributed by atoms with Crippen LogP contribution >= 0.6 is 11.6 Å². The van der Waals surface area contributed by atoms with Gasteiger partial charge in [-0.15, -0.1) is 0 Å². The number of nitrogens with one attached hydrogen (secondary N) is 3. The Hall–Kier alpha value is -2.52. The molecule has 2 atom stereocenters. The van der Waals surface area contributed by atoms with Crippen LogP contribution in [0.5, 0.6) is 0 Å². The van der Waals surface area contributed by atoms with E-state index in [1.54, 1.807) is 0 Å². The molecule has 1 fully saturated rings. The molecular weight excluding hydrogens is 402 g/mol. The molecule has 3 aromatic rings. The Labute approximate surface area is 170 Å². The molecule has 0 spiro atoms. The molecule has 1 saturated carbocycles. The molecule has 154 valence electrons. The fraction of sp³-hybridized carbons (Fsp3) is 0.421. The molecule has 0 aliphatic heterocycles. The number of rotatable bonds is 4. The smallest absolute Gasteiger partial charge is 0.225 e. The van der Waals surface area contributed by atoms with Gasteiger partial charge in [0, 0.05) is 6.04 Å². The predicted octanol–water partition coefficient (Wildman–Crippen LogP) is 4.38. The summed E-state index contributed by atoms with van der Waals surface area (Å²) in [5, 5.41) is 15.9. The Bertz CT molecular complexity index is 1060. The second kappa shape index (κ2) is 7.38. The lowest BCUT2D eigenvalue weighted by Crippen LogP contribution is -2.41. The maximum atomic E-state index is 14.1. The van der Waals surface area contributed by atoms with Crippen molar-refractivity contribution < 1.29 is 13.9 Å². The van der Waals surface area contributed by atoms with Crippen LogP contribution in [0.2, 0.25) is 5.02 Å². The summed E-state index contributed by atoms with van der Waals surface area (Å²) in [7, 11) is 0. The van der Waals surface area contributed by atoms with Gasteiger partial charge in [-0.1, -0.05) is 25.4 Å². The van der Waals surface area contributed by atoms with Crippen molar-refractivity contribution >= 4 is 40.3 Å². The number of fused-ring (bicyclic) bond motifs is 1. The van der Waals surface area contributed by atoms with Crippen molar-refractivity contribution in [3.8, 4) is 0 Å². The SMILES string of the molecule is CC1(C)CC[C@@H](Nc2ncc3[nH]c(Nc4c(F)ccc(Cl)c4F)nc3n2)C[C@H]1O. The number of aromatic amines is 1. The zero-order valence-corrected chi connectivity index (χ0v) is 16.7. The second-order valence-corrected chi connectivity index (χ2v) is 8.39. The summed E-state index contributed by atoms with van der Waals surface area (Å²) in [4.78, 5) is 15.7. The number of halogens is 3. The third kappa shape index (κ3) is 3.97. The third-order valence-corrected chi connectivity index (χ3v) is 5.70. The molecular formula is C19H21ClF2N6O. The summed E-state index contributed by atoms with van der Waals surface area (Å²) in [6.45, 7) is 4.11. The van der Waals surface area contributed by atoms with Gasteiger partial charge in [0.25, 0.3) is 0 Å². The molecule has 0 bridgehead atoms. The van der Waals surface area contributed by atoms with Gasteiger partial charge in [-0.05, 0) is 36.8 Å². The van der Waals surface area contributed by atoms with E-state index in [4.69, 9.17) is 11.6 Å². The minimum atomic E-state index is -0.903. The molecule has 2 aromatic heterocycles. The fourth-order valence-electron chi connectivity index (χ4n) is 3.43. The molecule has 1 aromatic carbocycles. The molecule has 4 N–H and O–H groups in total. The summed E-state index contributed by atoms with van der Waals surface area (Å²) < 4.78 is 28.0. The number of anilines is 3. The van der Waals surface area contributed by atoms with Crippen LogP contribution in [0.25, 0.3) is 11.2 Å². The van der Waals surface area contributed by atoms with Gasteiger partial charge in [-0.25, -0.2) is 13.8 Å². The average Bonchev–Trinajstić information content (AvgIpc) is 3.07. The van der Waals surface area contributed by atoms with Gasteiger partial charge in [0.1, 0.15) is 17.0 Å². The van der Waals surface area contributed by atoms with Crippen molar-refractivity contribution in [2.75, 3.05) is 10.6 Å². The van der Waals surface area contributed by atoms with Crippen LogP contribution in [0.1, 0.15) is 33.1 Å². The van der Waals surface area contributed by atoms with E-state index in [0.29, 0.717) is 23.5 Å². The molecule has 1 aliphatic carbocycles. The summed E-state index contributed by atoms with van der Waals surface area (Å²) in [6, 6.07) is 2.27. The van der Waals surface area contributed by atoms with E-state index in [0.717, 1.165) is 25.0 Å². The van der Waals surface area contributed by atoms with Crippen molar-refractivity contribution in [3.05, 3.63) is 35.0 Å². The van der Waals surface area contributed by atoms with Gasteiger partial charge >= 0.3 is 0 Å². The normalized spacial score (nSPS) is 21.3. The van der Waals surface area contributed by atoms with Gasteiger partial charge in [0.15, 0.2) is 11.5 Å². The number of hydrogen-bond acceptors (Lipinski definition) is 6. The van der Waals surface area contributed by atoms with E-state index >= 15 is 0 Å². The number of nitrogens with zero attached hydrogens (tertiary/aromatic N) is 3. The average molecular weight is 423 g/mol. The molecule has 29 heavy (non-hydrogen) atoms. The predicted molar refractivity (Wildman–Crippen MR) is 107 cm³/mol. The first kappa shape index (κ1) is 19.8. The van der Waals surface area contributed by atoms with Crippen molar-refractivity contribution in [1.82, 2.24) is 19.9 Å². The van der Waals surface area contributed by atoms with E-state index in [2.05, 4.69) is 44.4 Å². The molecule has 4 rings (SSSR count). The van der Waals surface area contributed by atoms with Gasteiger partial charge in [-0.2, -0.15) is 9.97 Å². The lowest BCUT2D eigenvalue weighted by Gasteiger charge is -2.39. The lowest BCUT2D eigenvalue weighted by molar-refractivity contribution is 0.00908. The van der Waals surface area contributed by atoms with E-state index in [9.17, 15) is 13.9 Å². The number of imidazole rings is 1.